The number of hydrogen-bond acceptors (Lipinski definition) is 3. The number of hydrogen-bond donors (Lipinski definition) is 2. The van der Waals surface area contributed by atoms with Gasteiger partial charge in [0, 0.05) is 34.4 Å². The van der Waals surface area contributed by atoms with E-state index < -0.39 is 0 Å². The minimum absolute atomic E-state index is 0.00745. The van der Waals surface area contributed by atoms with Crippen LogP contribution in [-0.4, -0.2) is 17.1 Å². The van der Waals surface area contributed by atoms with E-state index in [9.17, 15) is 9.59 Å². The van der Waals surface area contributed by atoms with E-state index in [4.69, 9.17) is 0 Å². The predicted molar refractivity (Wildman–Crippen MR) is 109 cm³/mol. The van der Waals surface area contributed by atoms with Crippen molar-refractivity contribution in [3.63, 3.8) is 0 Å². The summed E-state index contributed by atoms with van der Waals surface area (Å²) in [5, 5.41) is 6.31. The largest absolute Gasteiger partial charge is 0.348 e. The van der Waals surface area contributed by atoms with Gasteiger partial charge in [0.2, 0.25) is 5.91 Å². The standard InChI is InChI=1S/C21H26N2O2S/c1-4-6-20(24)23-18-8-5-7-16(13-18)14-22-21(25)17-9-11-19(12-10-17)26-15(2)3/h5,7-13,15H,4,6,14H2,1-3H3,(H,22,25)(H,23,24). The zero-order valence-electron chi connectivity index (χ0n) is 15.5. The van der Waals surface area contributed by atoms with Crippen LogP contribution in [0.2, 0.25) is 0 Å². The molecule has 0 saturated heterocycles. The van der Waals surface area contributed by atoms with Crippen LogP contribution < -0.4 is 10.6 Å². The van der Waals surface area contributed by atoms with Gasteiger partial charge in [0.05, 0.1) is 0 Å². The van der Waals surface area contributed by atoms with Crippen LogP contribution in [0.4, 0.5) is 5.69 Å². The first-order valence-corrected chi connectivity index (χ1v) is 9.79. The summed E-state index contributed by atoms with van der Waals surface area (Å²) >= 11 is 1.77. The first kappa shape index (κ1) is 20.0. The van der Waals surface area contributed by atoms with Crippen molar-refractivity contribution < 1.29 is 9.59 Å². The van der Waals surface area contributed by atoms with Gasteiger partial charge in [0.1, 0.15) is 0 Å². The van der Waals surface area contributed by atoms with Crippen LogP contribution in [-0.2, 0) is 11.3 Å². The third-order valence-corrected chi connectivity index (χ3v) is 4.64. The van der Waals surface area contributed by atoms with Crippen molar-refractivity contribution in [3.05, 3.63) is 59.7 Å². The second-order valence-corrected chi connectivity index (χ2v) is 8.02. The number of anilines is 1. The number of amides is 2. The fourth-order valence-electron chi connectivity index (χ4n) is 2.45. The van der Waals surface area contributed by atoms with E-state index in [0.29, 0.717) is 23.8 Å². The molecule has 0 bridgehead atoms. The zero-order chi connectivity index (χ0) is 18.9. The Labute approximate surface area is 159 Å². The maximum atomic E-state index is 12.3. The first-order valence-electron chi connectivity index (χ1n) is 8.91. The van der Waals surface area contributed by atoms with Crippen LogP contribution in [0.3, 0.4) is 0 Å². The highest BCUT2D eigenvalue weighted by Gasteiger charge is 2.07. The van der Waals surface area contributed by atoms with Gasteiger partial charge in [0.25, 0.3) is 5.91 Å². The lowest BCUT2D eigenvalue weighted by Crippen LogP contribution is -2.22. The fourth-order valence-corrected chi connectivity index (χ4v) is 3.29. The second kappa shape index (κ2) is 10.0. The number of rotatable bonds is 8. The Morgan fingerprint density at radius 3 is 2.46 bits per heavy atom. The Kier molecular flexibility index (Phi) is 7.73. The maximum Gasteiger partial charge on any atom is 0.251 e. The third-order valence-electron chi connectivity index (χ3n) is 3.63. The molecule has 0 heterocycles. The molecule has 0 aliphatic rings. The highest BCUT2D eigenvalue weighted by Crippen LogP contribution is 2.22. The number of thioether (sulfide) groups is 1. The van der Waals surface area contributed by atoms with Gasteiger partial charge in [-0.25, -0.2) is 0 Å². The molecule has 26 heavy (non-hydrogen) atoms. The normalized spacial score (nSPS) is 10.6. The van der Waals surface area contributed by atoms with E-state index in [0.717, 1.165) is 22.6 Å². The maximum absolute atomic E-state index is 12.3. The van der Waals surface area contributed by atoms with Gasteiger partial charge in [-0.15, -0.1) is 11.8 Å². The van der Waals surface area contributed by atoms with E-state index in [1.54, 1.807) is 11.8 Å². The highest BCUT2D eigenvalue weighted by atomic mass is 32.2. The molecule has 0 aliphatic heterocycles. The van der Waals surface area contributed by atoms with E-state index >= 15 is 0 Å². The monoisotopic (exact) mass is 370 g/mol. The van der Waals surface area contributed by atoms with Gasteiger partial charge < -0.3 is 10.6 Å². The molecule has 0 fully saturated rings. The molecule has 0 aliphatic carbocycles. The summed E-state index contributed by atoms with van der Waals surface area (Å²) < 4.78 is 0. The zero-order valence-corrected chi connectivity index (χ0v) is 16.4. The van der Waals surface area contributed by atoms with E-state index in [1.165, 1.54) is 0 Å². The van der Waals surface area contributed by atoms with Crippen LogP contribution in [0.25, 0.3) is 0 Å². The number of benzene rings is 2. The third kappa shape index (κ3) is 6.56. The van der Waals surface area contributed by atoms with Gasteiger partial charge in [-0.2, -0.15) is 0 Å². The predicted octanol–water partition coefficient (Wildman–Crippen LogP) is 4.86. The minimum Gasteiger partial charge on any atom is -0.348 e. The topological polar surface area (TPSA) is 58.2 Å². The molecule has 138 valence electrons. The molecule has 2 rings (SSSR count). The van der Waals surface area contributed by atoms with Gasteiger partial charge in [-0.3, -0.25) is 9.59 Å². The van der Waals surface area contributed by atoms with E-state index in [1.807, 2.05) is 55.5 Å². The first-order chi connectivity index (χ1) is 12.5. The van der Waals surface area contributed by atoms with Crippen LogP contribution in [0.1, 0.15) is 49.5 Å². The quantitative estimate of drug-likeness (QED) is 0.653. The molecule has 0 aromatic heterocycles. The summed E-state index contributed by atoms with van der Waals surface area (Å²) in [4.78, 5) is 25.2. The van der Waals surface area contributed by atoms with Crippen molar-refractivity contribution in [1.29, 1.82) is 0 Å². The molecular weight excluding hydrogens is 344 g/mol. The second-order valence-electron chi connectivity index (χ2n) is 6.37. The Bertz CT molecular complexity index is 742. The molecule has 0 radical (unpaired) electrons. The molecular formula is C21H26N2O2S. The van der Waals surface area contributed by atoms with Crippen LogP contribution in [0, 0.1) is 0 Å². The van der Waals surface area contributed by atoms with Crippen molar-refractivity contribution in [1.82, 2.24) is 5.32 Å². The molecule has 2 N–H and O–H groups in total. The number of nitrogens with one attached hydrogen (secondary N) is 2. The van der Waals surface area contributed by atoms with Crippen molar-refractivity contribution in [2.24, 2.45) is 0 Å². The van der Waals surface area contributed by atoms with Gasteiger partial charge in [0.15, 0.2) is 0 Å². The average molecular weight is 371 g/mol. The highest BCUT2D eigenvalue weighted by molar-refractivity contribution is 7.99. The summed E-state index contributed by atoms with van der Waals surface area (Å²) in [5.74, 6) is -0.0976. The summed E-state index contributed by atoms with van der Waals surface area (Å²) in [7, 11) is 0. The summed E-state index contributed by atoms with van der Waals surface area (Å²) in [6, 6.07) is 15.2. The lowest BCUT2D eigenvalue weighted by molar-refractivity contribution is -0.116. The van der Waals surface area contributed by atoms with Crippen LogP contribution in [0.5, 0.6) is 0 Å². The van der Waals surface area contributed by atoms with Gasteiger partial charge in [-0.05, 0) is 48.4 Å². The van der Waals surface area contributed by atoms with Crippen molar-refractivity contribution in [2.75, 3.05) is 5.32 Å². The van der Waals surface area contributed by atoms with Crippen molar-refractivity contribution in [2.45, 2.75) is 50.3 Å². The Hall–Kier alpha value is -2.27. The van der Waals surface area contributed by atoms with Crippen molar-refractivity contribution in [3.8, 4) is 0 Å². The molecule has 0 unspecified atom stereocenters. The molecule has 2 aromatic rings. The Balaban J connectivity index is 1.91. The minimum atomic E-state index is -0.105. The summed E-state index contributed by atoms with van der Waals surface area (Å²) in [6.45, 7) is 6.67. The van der Waals surface area contributed by atoms with Crippen molar-refractivity contribution >= 4 is 29.3 Å². The number of carbonyl (C=O) groups is 2. The average Bonchev–Trinajstić information content (AvgIpc) is 2.60. The lowest BCUT2D eigenvalue weighted by Gasteiger charge is -2.09. The molecule has 4 nitrogen and oxygen atoms in total. The summed E-state index contributed by atoms with van der Waals surface area (Å²) in [6.07, 6.45) is 1.32. The summed E-state index contributed by atoms with van der Waals surface area (Å²) in [5.41, 5.74) is 2.34. The van der Waals surface area contributed by atoms with Crippen LogP contribution in [0.15, 0.2) is 53.4 Å². The smallest absolute Gasteiger partial charge is 0.251 e. The molecule has 5 heteroatoms. The molecule has 2 amide bonds. The molecule has 0 saturated carbocycles. The Morgan fingerprint density at radius 1 is 1.08 bits per heavy atom. The number of carbonyl (C=O) groups excluding carboxylic acids is 2. The fraction of sp³-hybridized carbons (Fsp3) is 0.333. The van der Waals surface area contributed by atoms with Gasteiger partial charge >= 0.3 is 0 Å². The van der Waals surface area contributed by atoms with E-state index in [-0.39, 0.29) is 11.8 Å². The lowest BCUT2D eigenvalue weighted by atomic mass is 10.1. The van der Waals surface area contributed by atoms with Crippen LogP contribution >= 0.6 is 11.8 Å². The molecule has 2 aromatic carbocycles. The Morgan fingerprint density at radius 2 is 1.81 bits per heavy atom. The van der Waals surface area contributed by atoms with Gasteiger partial charge in [-0.1, -0.05) is 32.9 Å². The molecule has 0 spiro atoms. The van der Waals surface area contributed by atoms with E-state index in [2.05, 4.69) is 24.5 Å². The molecule has 0 atom stereocenters. The SMILES string of the molecule is CCCC(=O)Nc1cccc(CNC(=O)c2ccc(SC(C)C)cc2)c1.